The Labute approximate surface area is 149 Å². The van der Waals surface area contributed by atoms with Crippen molar-refractivity contribution < 1.29 is 9.18 Å². The lowest BCUT2D eigenvalue weighted by molar-refractivity contribution is 0.0937. The van der Waals surface area contributed by atoms with E-state index in [9.17, 15) is 9.18 Å². The first kappa shape index (κ1) is 15.3. The van der Waals surface area contributed by atoms with Crippen LogP contribution in [0.4, 0.5) is 4.39 Å². The normalized spacial score (nSPS) is 17.1. The van der Waals surface area contributed by atoms with Gasteiger partial charge in [-0.1, -0.05) is 6.07 Å². The summed E-state index contributed by atoms with van der Waals surface area (Å²) in [6.07, 6.45) is 3.76. The van der Waals surface area contributed by atoms with Gasteiger partial charge >= 0.3 is 0 Å². The second kappa shape index (κ2) is 5.24. The van der Waals surface area contributed by atoms with E-state index < -0.39 is 0 Å². The summed E-state index contributed by atoms with van der Waals surface area (Å²) in [5.74, 6) is -0.0683. The Morgan fingerprint density at radius 1 is 1.15 bits per heavy atom. The molecule has 2 aromatic heterocycles. The highest BCUT2D eigenvalue weighted by Gasteiger charge is 2.50. The first-order valence-electron chi connectivity index (χ1n) is 8.67. The molecule has 130 valence electrons. The van der Waals surface area contributed by atoms with Crippen LogP contribution in [0, 0.1) is 12.7 Å². The number of hydrogen-bond acceptors (Lipinski definition) is 3. The molecule has 1 fully saturated rings. The van der Waals surface area contributed by atoms with Gasteiger partial charge in [-0.2, -0.15) is 0 Å². The monoisotopic (exact) mass is 348 g/mol. The Bertz CT molecular complexity index is 1050. The number of H-pyrrole nitrogens is 1. The van der Waals surface area contributed by atoms with E-state index in [0.717, 1.165) is 29.8 Å². The molecule has 1 amide bonds. The fraction of sp³-hybridized carbons (Fsp3) is 0.250. The van der Waals surface area contributed by atoms with Crippen molar-refractivity contribution in [3.05, 3.63) is 59.2 Å². The number of carbonyl (C=O) groups excluding carboxylic acids is 1. The third-order valence-electron chi connectivity index (χ3n) is 5.33. The first-order valence-corrected chi connectivity index (χ1v) is 8.67. The summed E-state index contributed by atoms with van der Waals surface area (Å²) in [5, 5.41) is 2.96. The second-order valence-corrected chi connectivity index (χ2v) is 7.18. The summed E-state index contributed by atoms with van der Waals surface area (Å²) in [5.41, 5.74) is 4.36. The van der Waals surface area contributed by atoms with Gasteiger partial charge in [0, 0.05) is 23.9 Å². The molecule has 26 heavy (non-hydrogen) atoms. The number of carbonyl (C=O) groups is 1. The van der Waals surface area contributed by atoms with Crippen LogP contribution in [-0.4, -0.2) is 27.4 Å². The van der Waals surface area contributed by atoms with Gasteiger partial charge in [0.15, 0.2) is 5.82 Å². The molecule has 5 nitrogen and oxygen atoms in total. The molecule has 0 unspecified atom stereocenters. The predicted molar refractivity (Wildman–Crippen MR) is 95.2 cm³/mol. The lowest BCUT2D eigenvalue weighted by Crippen LogP contribution is -2.38. The molecule has 0 bridgehead atoms. The van der Waals surface area contributed by atoms with Gasteiger partial charge in [0.2, 0.25) is 0 Å². The van der Waals surface area contributed by atoms with Gasteiger partial charge in [0.05, 0.1) is 22.5 Å². The Hall–Kier alpha value is -3.02. The molecule has 0 saturated heterocycles. The van der Waals surface area contributed by atoms with Gasteiger partial charge in [-0.3, -0.25) is 4.79 Å². The number of rotatable bonds is 2. The molecule has 2 aliphatic rings. The van der Waals surface area contributed by atoms with Crippen LogP contribution in [0.3, 0.4) is 0 Å². The fourth-order valence-corrected chi connectivity index (χ4v) is 3.64. The van der Waals surface area contributed by atoms with Crippen LogP contribution in [0.15, 0.2) is 36.5 Å². The lowest BCUT2D eigenvalue weighted by Gasteiger charge is -2.21. The minimum absolute atomic E-state index is 0.0560. The molecular weight excluding hydrogens is 331 g/mol. The standard InChI is InChI=1S/C20H17FN4O/c1-11-2-3-12(14(21)8-11)18-22-7-4-15(25-18)16-9-13-17(24-16)20(5-6-20)10-23-19(13)26/h2-4,7-9,24H,5-6,10H2,1H3,(H,23,26). The van der Waals surface area contributed by atoms with Crippen molar-refractivity contribution in [3.63, 3.8) is 0 Å². The highest BCUT2D eigenvalue weighted by molar-refractivity contribution is 5.98. The summed E-state index contributed by atoms with van der Waals surface area (Å²) in [6.45, 7) is 2.52. The molecule has 0 radical (unpaired) electrons. The minimum Gasteiger partial charge on any atom is -0.356 e. The third kappa shape index (κ3) is 2.25. The molecule has 5 rings (SSSR count). The molecule has 0 atom stereocenters. The number of aromatic amines is 1. The molecule has 1 spiro atoms. The highest BCUT2D eigenvalue weighted by Crippen LogP contribution is 2.50. The zero-order valence-electron chi connectivity index (χ0n) is 14.3. The Morgan fingerprint density at radius 2 is 2.00 bits per heavy atom. The minimum atomic E-state index is -0.343. The molecule has 1 aliphatic heterocycles. The van der Waals surface area contributed by atoms with Gasteiger partial charge in [0.1, 0.15) is 5.82 Å². The Kier molecular flexibility index (Phi) is 3.07. The molecule has 1 saturated carbocycles. The van der Waals surface area contributed by atoms with Crippen molar-refractivity contribution in [2.24, 2.45) is 0 Å². The van der Waals surface area contributed by atoms with E-state index in [1.165, 1.54) is 6.07 Å². The maximum Gasteiger partial charge on any atom is 0.253 e. The number of aromatic nitrogens is 3. The number of hydrogen-bond donors (Lipinski definition) is 2. The van der Waals surface area contributed by atoms with Crippen LogP contribution in [0.1, 0.15) is 34.5 Å². The summed E-state index contributed by atoms with van der Waals surface area (Å²) in [7, 11) is 0. The van der Waals surface area contributed by atoms with E-state index in [1.807, 2.05) is 19.1 Å². The Morgan fingerprint density at radius 3 is 2.77 bits per heavy atom. The van der Waals surface area contributed by atoms with Gasteiger partial charge in [-0.15, -0.1) is 0 Å². The summed E-state index contributed by atoms with van der Waals surface area (Å²) < 4.78 is 14.3. The molecule has 6 heteroatoms. The number of benzene rings is 1. The van der Waals surface area contributed by atoms with Crippen molar-refractivity contribution in [1.82, 2.24) is 20.3 Å². The van der Waals surface area contributed by atoms with E-state index in [-0.39, 0.29) is 17.1 Å². The number of amides is 1. The summed E-state index contributed by atoms with van der Waals surface area (Å²) in [6, 6.07) is 8.60. The van der Waals surface area contributed by atoms with Gasteiger partial charge in [0.25, 0.3) is 5.91 Å². The van der Waals surface area contributed by atoms with E-state index in [2.05, 4.69) is 20.3 Å². The second-order valence-electron chi connectivity index (χ2n) is 7.18. The van der Waals surface area contributed by atoms with Gasteiger partial charge in [-0.05, 0) is 49.6 Å². The molecule has 2 N–H and O–H groups in total. The van der Waals surface area contributed by atoms with Crippen molar-refractivity contribution in [3.8, 4) is 22.8 Å². The average Bonchev–Trinajstić information content (AvgIpc) is 3.26. The SMILES string of the molecule is Cc1ccc(-c2nccc(-c3cc4c([nH]3)C3(CC3)CNC4=O)n2)c(F)c1. The van der Waals surface area contributed by atoms with Crippen LogP contribution in [0.25, 0.3) is 22.8 Å². The van der Waals surface area contributed by atoms with Crippen LogP contribution < -0.4 is 5.32 Å². The predicted octanol–water partition coefficient (Wildman–Crippen LogP) is 3.36. The van der Waals surface area contributed by atoms with Crippen LogP contribution >= 0.6 is 0 Å². The van der Waals surface area contributed by atoms with Crippen molar-refractivity contribution >= 4 is 5.91 Å². The summed E-state index contributed by atoms with van der Waals surface area (Å²) in [4.78, 5) is 24.3. The quantitative estimate of drug-likeness (QED) is 0.746. The van der Waals surface area contributed by atoms with Crippen molar-refractivity contribution in [2.75, 3.05) is 6.54 Å². The topological polar surface area (TPSA) is 70.7 Å². The van der Waals surface area contributed by atoms with Crippen molar-refractivity contribution in [2.45, 2.75) is 25.2 Å². The number of fused-ring (bicyclic) bond motifs is 2. The molecule has 3 heterocycles. The fourth-order valence-electron chi connectivity index (χ4n) is 3.64. The molecule has 1 aliphatic carbocycles. The number of nitrogens with one attached hydrogen (secondary N) is 2. The molecular formula is C20H17FN4O. The van der Waals surface area contributed by atoms with Gasteiger partial charge in [-0.25, -0.2) is 14.4 Å². The largest absolute Gasteiger partial charge is 0.356 e. The summed E-state index contributed by atoms with van der Waals surface area (Å²) >= 11 is 0. The lowest BCUT2D eigenvalue weighted by atomic mass is 9.95. The maximum absolute atomic E-state index is 14.3. The van der Waals surface area contributed by atoms with Crippen LogP contribution in [0.2, 0.25) is 0 Å². The third-order valence-corrected chi connectivity index (χ3v) is 5.33. The van der Waals surface area contributed by atoms with Gasteiger partial charge < -0.3 is 10.3 Å². The molecule has 3 aromatic rings. The number of nitrogens with zero attached hydrogens (tertiary/aromatic N) is 2. The van der Waals surface area contributed by atoms with E-state index in [1.54, 1.807) is 18.3 Å². The molecule has 1 aromatic carbocycles. The van der Waals surface area contributed by atoms with Crippen molar-refractivity contribution in [1.29, 1.82) is 0 Å². The average molecular weight is 348 g/mol. The van der Waals surface area contributed by atoms with Crippen LogP contribution in [-0.2, 0) is 5.41 Å². The van der Waals surface area contributed by atoms with Crippen LogP contribution in [0.5, 0.6) is 0 Å². The van der Waals surface area contributed by atoms with E-state index >= 15 is 0 Å². The zero-order valence-corrected chi connectivity index (χ0v) is 14.3. The highest BCUT2D eigenvalue weighted by atomic mass is 19.1. The van der Waals surface area contributed by atoms with E-state index in [4.69, 9.17) is 0 Å². The maximum atomic E-state index is 14.3. The zero-order chi connectivity index (χ0) is 17.9. The van der Waals surface area contributed by atoms with E-state index in [0.29, 0.717) is 29.2 Å². The Balaban J connectivity index is 1.59. The number of halogens is 1. The number of aryl methyl sites for hydroxylation is 1. The smallest absolute Gasteiger partial charge is 0.253 e. The first-order chi connectivity index (χ1) is 12.6.